The SMILES string of the molecule is CCc1cccc(OCc2ccc(OC)c(N)c2)c1. The van der Waals surface area contributed by atoms with Crippen molar-refractivity contribution in [2.75, 3.05) is 12.8 Å². The van der Waals surface area contributed by atoms with Crippen molar-refractivity contribution in [3.63, 3.8) is 0 Å². The van der Waals surface area contributed by atoms with Crippen molar-refractivity contribution < 1.29 is 9.47 Å². The van der Waals surface area contributed by atoms with E-state index in [-0.39, 0.29) is 0 Å². The van der Waals surface area contributed by atoms with Gasteiger partial charge in [0.15, 0.2) is 0 Å². The van der Waals surface area contributed by atoms with E-state index in [1.165, 1.54) is 5.56 Å². The van der Waals surface area contributed by atoms with E-state index in [4.69, 9.17) is 15.2 Å². The van der Waals surface area contributed by atoms with Gasteiger partial charge in [0.1, 0.15) is 18.1 Å². The molecule has 0 aliphatic carbocycles. The van der Waals surface area contributed by atoms with Crippen LogP contribution in [0.25, 0.3) is 0 Å². The van der Waals surface area contributed by atoms with Crippen LogP contribution in [0.2, 0.25) is 0 Å². The summed E-state index contributed by atoms with van der Waals surface area (Å²) in [5.41, 5.74) is 8.79. The summed E-state index contributed by atoms with van der Waals surface area (Å²) in [5, 5.41) is 0. The van der Waals surface area contributed by atoms with Gasteiger partial charge in [0.05, 0.1) is 12.8 Å². The average molecular weight is 257 g/mol. The fourth-order valence-electron chi connectivity index (χ4n) is 1.90. The highest BCUT2D eigenvalue weighted by Crippen LogP contribution is 2.23. The minimum Gasteiger partial charge on any atom is -0.495 e. The first-order chi connectivity index (χ1) is 9.22. The Bertz CT molecular complexity index is 552. The number of benzene rings is 2. The van der Waals surface area contributed by atoms with Gasteiger partial charge in [0.25, 0.3) is 0 Å². The highest BCUT2D eigenvalue weighted by atomic mass is 16.5. The Morgan fingerprint density at radius 2 is 1.89 bits per heavy atom. The van der Waals surface area contributed by atoms with Gasteiger partial charge in [0.2, 0.25) is 0 Å². The molecule has 2 aromatic rings. The van der Waals surface area contributed by atoms with E-state index in [1.807, 2.05) is 30.3 Å². The van der Waals surface area contributed by atoms with Crippen LogP contribution in [0, 0.1) is 0 Å². The van der Waals surface area contributed by atoms with Gasteiger partial charge in [0, 0.05) is 0 Å². The standard InChI is InChI=1S/C16H19NO2/c1-3-12-5-4-6-14(9-12)19-11-13-7-8-16(18-2)15(17)10-13/h4-10H,3,11,17H2,1-2H3. The molecule has 0 bridgehead atoms. The number of ether oxygens (including phenoxy) is 2. The molecule has 2 rings (SSSR count). The van der Waals surface area contributed by atoms with E-state index in [0.29, 0.717) is 18.0 Å². The van der Waals surface area contributed by atoms with Crippen LogP contribution in [0.1, 0.15) is 18.1 Å². The van der Waals surface area contributed by atoms with E-state index in [2.05, 4.69) is 19.1 Å². The van der Waals surface area contributed by atoms with Gasteiger partial charge in [-0.2, -0.15) is 0 Å². The predicted molar refractivity (Wildman–Crippen MR) is 77.6 cm³/mol. The average Bonchev–Trinajstić information content (AvgIpc) is 2.45. The van der Waals surface area contributed by atoms with Crippen LogP contribution in [0.5, 0.6) is 11.5 Å². The molecule has 0 saturated carbocycles. The fourth-order valence-corrected chi connectivity index (χ4v) is 1.90. The van der Waals surface area contributed by atoms with Crippen molar-refractivity contribution in [1.29, 1.82) is 0 Å². The normalized spacial score (nSPS) is 10.2. The highest BCUT2D eigenvalue weighted by molar-refractivity contribution is 5.54. The van der Waals surface area contributed by atoms with Crippen LogP contribution < -0.4 is 15.2 Å². The molecule has 2 aromatic carbocycles. The first-order valence-corrected chi connectivity index (χ1v) is 6.37. The Morgan fingerprint density at radius 3 is 2.58 bits per heavy atom. The van der Waals surface area contributed by atoms with E-state index in [9.17, 15) is 0 Å². The molecule has 0 amide bonds. The van der Waals surface area contributed by atoms with Crippen LogP contribution in [0.15, 0.2) is 42.5 Å². The Hall–Kier alpha value is -2.16. The number of hydrogen-bond acceptors (Lipinski definition) is 3. The molecule has 19 heavy (non-hydrogen) atoms. The zero-order valence-electron chi connectivity index (χ0n) is 11.3. The van der Waals surface area contributed by atoms with E-state index in [0.717, 1.165) is 17.7 Å². The van der Waals surface area contributed by atoms with Crippen molar-refractivity contribution in [2.24, 2.45) is 0 Å². The third kappa shape index (κ3) is 3.41. The number of hydrogen-bond donors (Lipinski definition) is 1. The van der Waals surface area contributed by atoms with Crippen molar-refractivity contribution in [3.8, 4) is 11.5 Å². The molecule has 2 N–H and O–H groups in total. The molecule has 0 atom stereocenters. The first kappa shape index (κ1) is 13.3. The molecule has 0 unspecified atom stereocenters. The number of aryl methyl sites for hydroxylation is 1. The lowest BCUT2D eigenvalue weighted by atomic mass is 10.1. The van der Waals surface area contributed by atoms with Crippen LogP contribution in [0.4, 0.5) is 5.69 Å². The Balaban J connectivity index is 2.03. The third-order valence-electron chi connectivity index (χ3n) is 3.01. The van der Waals surface area contributed by atoms with E-state index >= 15 is 0 Å². The maximum absolute atomic E-state index is 5.87. The third-order valence-corrected chi connectivity index (χ3v) is 3.01. The summed E-state index contributed by atoms with van der Waals surface area (Å²) < 4.78 is 10.9. The molecule has 0 aromatic heterocycles. The molecular weight excluding hydrogens is 238 g/mol. The minimum atomic E-state index is 0.501. The van der Waals surface area contributed by atoms with Gasteiger partial charge in [-0.05, 0) is 41.8 Å². The number of nitrogens with two attached hydrogens (primary N) is 1. The Kier molecular flexibility index (Phi) is 4.29. The molecule has 100 valence electrons. The number of anilines is 1. The lowest BCUT2D eigenvalue weighted by Gasteiger charge is -2.09. The second-order valence-electron chi connectivity index (χ2n) is 4.37. The topological polar surface area (TPSA) is 44.5 Å². The molecule has 3 heteroatoms. The van der Waals surface area contributed by atoms with Gasteiger partial charge in [-0.15, -0.1) is 0 Å². The molecule has 3 nitrogen and oxygen atoms in total. The quantitative estimate of drug-likeness (QED) is 0.835. The summed E-state index contributed by atoms with van der Waals surface area (Å²) in [5.74, 6) is 1.57. The van der Waals surface area contributed by atoms with Gasteiger partial charge in [-0.1, -0.05) is 25.1 Å². The molecule has 0 aliphatic rings. The van der Waals surface area contributed by atoms with E-state index < -0.39 is 0 Å². The summed E-state index contributed by atoms with van der Waals surface area (Å²) in [4.78, 5) is 0. The summed E-state index contributed by atoms with van der Waals surface area (Å²) in [6.45, 7) is 2.63. The van der Waals surface area contributed by atoms with Gasteiger partial charge < -0.3 is 15.2 Å². The van der Waals surface area contributed by atoms with Crippen molar-refractivity contribution in [1.82, 2.24) is 0 Å². The Morgan fingerprint density at radius 1 is 1.05 bits per heavy atom. The summed E-state index contributed by atoms with van der Waals surface area (Å²) in [6.07, 6.45) is 1.01. The predicted octanol–water partition coefficient (Wildman–Crippen LogP) is 3.42. The zero-order chi connectivity index (χ0) is 13.7. The second-order valence-corrected chi connectivity index (χ2v) is 4.37. The lowest BCUT2D eigenvalue weighted by Crippen LogP contribution is -1.98. The molecule has 0 aliphatic heterocycles. The van der Waals surface area contributed by atoms with Crippen molar-refractivity contribution >= 4 is 5.69 Å². The van der Waals surface area contributed by atoms with Gasteiger partial charge in [-0.25, -0.2) is 0 Å². The largest absolute Gasteiger partial charge is 0.495 e. The number of nitrogen functional groups attached to an aromatic ring is 1. The summed E-state index contributed by atoms with van der Waals surface area (Å²) in [7, 11) is 1.61. The van der Waals surface area contributed by atoms with Crippen LogP contribution >= 0.6 is 0 Å². The lowest BCUT2D eigenvalue weighted by molar-refractivity contribution is 0.306. The number of methoxy groups -OCH3 is 1. The minimum absolute atomic E-state index is 0.501. The van der Waals surface area contributed by atoms with E-state index in [1.54, 1.807) is 7.11 Å². The monoisotopic (exact) mass is 257 g/mol. The highest BCUT2D eigenvalue weighted by Gasteiger charge is 2.02. The first-order valence-electron chi connectivity index (χ1n) is 6.37. The fraction of sp³-hybridized carbons (Fsp3) is 0.250. The second kappa shape index (κ2) is 6.14. The number of rotatable bonds is 5. The smallest absolute Gasteiger partial charge is 0.141 e. The maximum atomic E-state index is 5.87. The summed E-state index contributed by atoms with van der Waals surface area (Å²) >= 11 is 0. The van der Waals surface area contributed by atoms with Gasteiger partial charge >= 0.3 is 0 Å². The molecule has 0 saturated heterocycles. The molecule has 0 spiro atoms. The molecule has 0 radical (unpaired) electrons. The Labute approximate surface area is 114 Å². The molecular formula is C16H19NO2. The van der Waals surface area contributed by atoms with Crippen molar-refractivity contribution in [3.05, 3.63) is 53.6 Å². The maximum Gasteiger partial charge on any atom is 0.141 e. The van der Waals surface area contributed by atoms with Crippen LogP contribution in [-0.2, 0) is 13.0 Å². The molecule has 0 fully saturated rings. The van der Waals surface area contributed by atoms with Crippen LogP contribution in [0.3, 0.4) is 0 Å². The van der Waals surface area contributed by atoms with Crippen molar-refractivity contribution in [2.45, 2.75) is 20.0 Å². The van der Waals surface area contributed by atoms with Gasteiger partial charge in [-0.3, -0.25) is 0 Å². The zero-order valence-corrected chi connectivity index (χ0v) is 11.3. The molecule has 0 heterocycles. The van der Waals surface area contributed by atoms with Crippen LogP contribution in [-0.4, -0.2) is 7.11 Å². The summed E-state index contributed by atoms with van der Waals surface area (Å²) in [6, 6.07) is 13.8.